The lowest BCUT2D eigenvalue weighted by Crippen LogP contribution is -2.37. The third-order valence-electron chi connectivity index (χ3n) is 3.66. The van der Waals surface area contributed by atoms with Gasteiger partial charge in [-0.1, -0.05) is 25.3 Å². The van der Waals surface area contributed by atoms with Gasteiger partial charge < -0.3 is 5.73 Å². The van der Waals surface area contributed by atoms with Gasteiger partial charge in [0.05, 0.1) is 0 Å². The van der Waals surface area contributed by atoms with E-state index < -0.39 is 0 Å². The molecule has 0 saturated heterocycles. The maximum atomic E-state index is 5.97. The predicted molar refractivity (Wildman–Crippen MR) is 62.8 cm³/mol. The molecule has 0 unspecified atom stereocenters. The van der Waals surface area contributed by atoms with Crippen molar-refractivity contribution in [3.05, 3.63) is 29.6 Å². The Labute approximate surface area is 91.9 Å². The molecule has 1 aliphatic rings. The molecule has 1 heterocycles. The zero-order chi connectivity index (χ0) is 10.7. The minimum absolute atomic E-state index is 0.173. The second-order valence-electron chi connectivity index (χ2n) is 4.77. The summed E-state index contributed by atoms with van der Waals surface area (Å²) in [5.74, 6) is 0. The zero-order valence-electron chi connectivity index (χ0n) is 9.50. The van der Waals surface area contributed by atoms with Crippen LogP contribution in [0.1, 0.15) is 43.4 Å². The SMILES string of the molecule is Cc1ccc(C2(CN)CCCCC2)nc1. The third-order valence-corrected chi connectivity index (χ3v) is 3.66. The van der Waals surface area contributed by atoms with Crippen LogP contribution in [0.4, 0.5) is 0 Å². The lowest BCUT2D eigenvalue weighted by Gasteiger charge is -2.35. The number of rotatable bonds is 2. The fraction of sp³-hybridized carbons (Fsp3) is 0.615. The number of nitrogens with two attached hydrogens (primary N) is 1. The van der Waals surface area contributed by atoms with Gasteiger partial charge in [0.2, 0.25) is 0 Å². The number of pyridine rings is 1. The second-order valence-corrected chi connectivity index (χ2v) is 4.77. The maximum Gasteiger partial charge on any atom is 0.0478 e. The average Bonchev–Trinajstić information content (AvgIpc) is 2.31. The summed E-state index contributed by atoms with van der Waals surface area (Å²) in [5.41, 5.74) is 8.57. The van der Waals surface area contributed by atoms with Gasteiger partial charge in [-0.3, -0.25) is 4.98 Å². The smallest absolute Gasteiger partial charge is 0.0478 e. The quantitative estimate of drug-likeness (QED) is 0.804. The summed E-state index contributed by atoms with van der Waals surface area (Å²) in [4.78, 5) is 4.56. The molecule has 2 nitrogen and oxygen atoms in total. The molecule has 1 fully saturated rings. The van der Waals surface area contributed by atoms with Gasteiger partial charge in [-0.2, -0.15) is 0 Å². The van der Waals surface area contributed by atoms with Crippen LogP contribution in [0.15, 0.2) is 18.3 Å². The first-order valence-electron chi connectivity index (χ1n) is 5.90. The summed E-state index contributed by atoms with van der Waals surface area (Å²) in [6.07, 6.45) is 8.33. The van der Waals surface area contributed by atoms with Gasteiger partial charge in [0.25, 0.3) is 0 Å². The van der Waals surface area contributed by atoms with Gasteiger partial charge >= 0.3 is 0 Å². The molecule has 2 N–H and O–H groups in total. The highest BCUT2D eigenvalue weighted by atomic mass is 14.7. The molecule has 0 atom stereocenters. The monoisotopic (exact) mass is 204 g/mol. The number of hydrogen-bond donors (Lipinski definition) is 1. The largest absolute Gasteiger partial charge is 0.330 e. The Morgan fingerprint density at radius 1 is 1.27 bits per heavy atom. The van der Waals surface area contributed by atoms with Crippen LogP contribution in [0.25, 0.3) is 0 Å². The van der Waals surface area contributed by atoms with Gasteiger partial charge in [0, 0.05) is 23.9 Å². The minimum atomic E-state index is 0.173. The van der Waals surface area contributed by atoms with E-state index in [9.17, 15) is 0 Å². The van der Waals surface area contributed by atoms with E-state index in [1.54, 1.807) is 0 Å². The Morgan fingerprint density at radius 2 is 2.00 bits per heavy atom. The maximum absolute atomic E-state index is 5.97. The Morgan fingerprint density at radius 3 is 2.53 bits per heavy atom. The molecule has 0 aromatic carbocycles. The number of aryl methyl sites for hydroxylation is 1. The standard InChI is InChI=1S/C13H20N2/c1-11-5-6-12(15-9-11)13(10-14)7-3-2-4-8-13/h5-6,9H,2-4,7-8,10,14H2,1H3. The molecule has 2 heteroatoms. The lowest BCUT2D eigenvalue weighted by molar-refractivity contribution is 0.293. The number of hydrogen-bond acceptors (Lipinski definition) is 2. The summed E-state index contributed by atoms with van der Waals surface area (Å²) in [6, 6.07) is 4.31. The van der Waals surface area contributed by atoms with Crippen molar-refractivity contribution in [1.82, 2.24) is 4.98 Å². The number of nitrogens with zero attached hydrogens (tertiary/aromatic N) is 1. The van der Waals surface area contributed by atoms with Gasteiger partial charge in [0.1, 0.15) is 0 Å². The van der Waals surface area contributed by atoms with Crippen molar-refractivity contribution >= 4 is 0 Å². The van der Waals surface area contributed by atoms with Gasteiger partial charge in [0.15, 0.2) is 0 Å². The Hall–Kier alpha value is -0.890. The fourth-order valence-electron chi connectivity index (χ4n) is 2.57. The third kappa shape index (κ3) is 2.05. The topological polar surface area (TPSA) is 38.9 Å². The van der Waals surface area contributed by atoms with Crippen molar-refractivity contribution in [2.75, 3.05) is 6.54 Å². The van der Waals surface area contributed by atoms with Crippen LogP contribution in [0.3, 0.4) is 0 Å². The van der Waals surface area contributed by atoms with Crippen LogP contribution in [-0.2, 0) is 5.41 Å². The van der Waals surface area contributed by atoms with Crippen molar-refractivity contribution in [3.8, 4) is 0 Å². The molecular weight excluding hydrogens is 184 g/mol. The minimum Gasteiger partial charge on any atom is -0.330 e. The first-order chi connectivity index (χ1) is 7.27. The molecule has 15 heavy (non-hydrogen) atoms. The molecule has 82 valence electrons. The number of aromatic nitrogens is 1. The predicted octanol–water partition coefficient (Wildman–Crippen LogP) is 2.55. The molecule has 0 radical (unpaired) electrons. The van der Waals surface area contributed by atoms with E-state index in [0.29, 0.717) is 0 Å². The van der Waals surface area contributed by atoms with E-state index in [1.165, 1.54) is 43.4 Å². The van der Waals surface area contributed by atoms with E-state index >= 15 is 0 Å². The second kappa shape index (κ2) is 4.31. The van der Waals surface area contributed by atoms with Crippen LogP contribution >= 0.6 is 0 Å². The van der Waals surface area contributed by atoms with Crippen LogP contribution in [0.5, 0.6) is 0 Å². The van der Waals surface area contributed by atoms with Crippen molar-refractivity contribution < 1.29 is 0 Å². The summed E-state index contributed by atoms with van der Waals surface area (Å²) in [6.45, 7) is 2.82. The molecular formula is C13H20N2. The zero-order valence-corrected chi connectivity index (χ0v) is 9.50. The Kier molecular flexibility index (Phi) is 3.06. The summed E-state index contributed by atoms with van der Waals surface area (Å²) in [5, 5.41) is 0. The van der Waals surface area contributed by atoms with E-state index in [4.69, 9.17) is 5.73 Å². The van der Waals surface area contributed by atoms with Crippen molar-refractivity contribution in [2.45, 2.75) is 44.4 Å². The van der Waals surface area contributed by atoms with Crippen molar-refractivity contribution in [2.24, 2.45) is 5.73 Å². The normalized spacial score (nSPS) is 20.1. The van der Waals surface area contributed by atoms with Crippen LogP contribution in [0.2, 0.25) is 0 Å². The van der Waals surface area contributed by atoms with Crippen molar-refractivity contribution in [1.29, 1.82) is 0 Å². The molecule has 1 aromatic heterocycles. The van der Waals surface area contributed by atoms with E-state index in [2.05, 4.69) is 24.0 Å². The Balaban J connectivity index is 2.28. The summed E-state index contributed by atoms with van der Waals surface area (Å²) in [7, 11) is 0. The van der Waals surface area contributed by atoms with Gasteiger partial charge in [-0.15, -0.1) is 0 Å². The molecule has 0 aliphatic heterocycles. The lowest BCUT2D eigenvalue weighted by atomic mass is 9.71. The molecule has 1 aromatic rings. The van der Waals surface area contributed by atoms with E-state index in [0.717, 1.165) is 6.54 Å². The highest BCUT2D eigenvalue weighted by Gasteiger charge is 2.33. The molecule has 2 rings (SSSR count). The van der Waals surface area contributed by atoms with Gasteiger partial charge in [-0.25, -0.2) is 0 Å². The molecule has 0 spiro atoms. The highest BCUT2D eigenvalue weighted by molar-refractivity contribution is 5.21. The van der Waals surface area contributed by atoms with Crippen LogP contribution < -0.4 is 5.73 Å². The highest BCUT2D eigenvalue weighted by Crippen LogP contribution is 2.37. The molecule has 1 aliphatic carbocycles. The van der Waals surface area contributed by atoms with E-state index in [1.807, 2.05) is 6.20 Å². The summed E-state index contributed by atoms with van der Waals surface area (Å²) < 4.78 is 0. The van der Waals surface area contributed by atoms with E-state index in [-0.39, 0.29) is 5.41 Å². The van der Waals surface area contributed by atoms with Crippen LogP contribution in [-0.4, -0.2) is 11.5 Å². The summed E-state index contributed by atoms with van der Waals surface area (Å²) >= 11 is 0. The van der Waals surface area contributed by atoms with Crippen molar-refractivity contribution in [3.63, 3.8) is 0 Å². The first-order valence-corrected chi connectivity index (χ1v) is 5.90. The average molecular weight is 204 g/mol. The first kappa shape index (κ1) is 10.6. The Bertz CT molecular complexity index is 310. The van der Waals surface area contributed by atoms with Gasteiger partial charge in [-0.05, 0) is 31.4 Å². The molecule has 1 saturated carbocycles. The molecule has 0 bridgehead atoms. The molecule has 0 amide bonds. The fourth-order valence-corrected chi connectivity index (χ4v) is 2.57. The van der Waals surface area contributed by atoms with Crippen LogP contribution in [0, 0.1) is 6.92 Å².